The van der Waals surface area contributed by atoms with Crippen LogP contribution in [0.15, 0.2) is 28.7 Å². The summed E-state index contributed by atoms with van der Waals surface area (Å²) < 4.78 is 5.92. The Morgan fingerprint density at radius 2 is 1.69 bits per heavy atom. The standard InChI is InChI=1S/C24H40N4O/c1-8-24(6,27(7)15-16-28(9-2)10-3)18-25-17-22-20(5)29-23(26-22)21-13-11-19(4)12-14-21/h11-14,25H,8-10,15-18H2,1-7H3. The van der Waals surface area contributed by atoms with Crippen LogP contribution in [0.1, 0.15) is 51.1 Å². The lowest BCUT2D eigenvalue weighted by molar-refractivity contribution is 0.112. The lowest BCUT2D eigenvalue weighted by Gasteiger charge is -2.39. The molecule has 0 aliphatic rings. The van der Waals surface area contributed by atoms with Crippen LogP contribution in [-0.2, 0) is 6.54 Å². The molecule has 1 aromatic heterocycles. The van der Waals surface area contributed by atoms with Gasteiger partial charge in [0.2, 0.25) is 5.89 Å². The van der Waals surface area contributed by atoms with E-state index < -0.39 is 0 Å². The summed E-state index contributed by atoms with van der Waals surface area (Å²) in [5.41, 5.74) is 3.37. The summed E-state index contributed by atoms with van der Waals surface area (Å²) in [6, 6.07) is 8.31. The maximum Gasteiger partial charge on any atom is 0.226 e. The van der Waals surface area contributed by atoms with Crippen molar-refractivity contribution in [3.63, 3.8) is 0 Å². The number of likely N-dealkylation sites (N-methyl/N-ethyl adjacent to an activating group) is 2. The van der Waals surface area contributed by atoms with E-state index in [4.69, 9.17) is 9.40 Å². The van der Waals surface area contributed by atoms with Crippen molar-refractivity contribution in [1.82, 2.24) is 20.1 Å². The highest BCUT2D eigenvalue weighted by molar-refractivity contribution is 5.54. The van der Waals surface area contributed by atoms with E-state index in [1.54, 1.807) is 0 Å². The first-order valence-corrected chi connectivity index (χ1v) is 11.0. The molecule has 0 saturated carbocycles. The maximum atomic E-state index is 5.92. The minimum atomic E-state index is 0.116. The summed E-state index contributed by atoms with van der Waals surface area (Å²) in [6.07, 6.45) is 1.10. The van der Waals surface area contributed by atoms with Crippen LogP contribution < -0.4 is 5.32 Å². The molecule has 1 unspecified atom stereocenters. The second kappa shape index (κ2) is 10.9. The lowest BCUT2D eigenvalue weighted by atomic mass is 9.96. The fourth-order valence-corrected chi connectivity index (χ4v) is 3.49. The minimum absolute atomic E-state index is 0.116. The van der Waals surface area contributed by atoms with Crippen molar-refractivity contribution in [3.05, 3.63) is 41.3 Å². The molecule has 0 saturated heterocycles. The van der Waals surface area contributed by atoms with Crippen LogP contribution in [0, 0.1) is 13.8 Å². The fourth-order valence-electron chi connectivity index (χ4n) is 3.49. The van der Waals surface area contributed by atoms with Crippen molar-refractivity contribution >= 4 is 0 Å². The van der Waals surface area contributed by atoms with Gasteiger partial charge in [-0.3, -0.25) is 4.90 Å². The third kappa shape index (κ3) is 6.39. The van der Waals surface area contributed by atoms with Crippen molar-refractivity contribution in [2.24, 2.45) is 0 Å². The molecule has 1 heterocycles. The van der Waals surface area contributed by atoms with Crippen LogP contribution >= 0.6 is 0 Å². The fraction of sp³-hybridized carbons (Fsp3) is 0.625. The van der Waals surface area contributed by atoms with Crippen molar-refractivity contribution in [3.8, 4) is 11.5 Å². The molecule has 5 heteroatoms. The predicted octanol–water partition coefficient (Wildman–Crippen LogP) is 4.49. The second-order valence-electron chi connectivity index (χ2n) is 8.29. The third-order valence-corrected chi connectivity index (χ3v) is 6.32. The largest absolute Gasteiger partial charge is 0.441 e. The van der Waals surface area contributed by atoms with Gasteiger partial charge in [0, 0.05) is 37.3 Å². The van der Waals surface area contributed by atoms with Gasteiger partial charge in [0.1, 0.15) is 5.76 Å². The predicted molar refractivity (Wildman–Crippen MR) is 122 cm³/mol. The zero-order valence-corrected chi connectivity index (χ0v) is 19.5. The molecule has 0 aliphatic carbocycles. The molecule has 0 spiro atoms. The average molecular weight is 401 g/mol. The third-order valence-electron chi connectivity index (χ3n) is 6.32. The van der Waals surface area contributed by atoms with Gasteiger partial charge in [0.15, 0.2) is 0 Å². The normalized spacial score (nSPS) is 14.0. The SMILES string of the molecule is CCN(CC)CCN(C)C(C)(CC)CNCc1nc(-c2ccc(C)cc2)oc1C. The molecule has 1 N–H and O–H groups in total. The van der Waals surface area contributed by atoms with Gasteiger partial charge in [0.05, 0.1) is 5.69 Å². The molecular weight excluding hydrogens is 360 g/mol. The molecule has 0 radical (unpaired) electrons. The quantitative estimate of drug-likeness (QED) is 0.569. The molecule has 1 atom stereocenters. The molecule has 0 aliphatic heterocycles. The molecule has 0 amide bonds. The number of nitrogens with zero attached hydrogens (tertiary/aromatic N) is 3. The Balaban J connectivity index is 1.93. The molecule has 1 aromatic carbocycles. The lowest BCUT2D eigenvalue weighted by Crippen LogP contribution is -2.52. The summed E-state index contributed by atoms with van der Waals surface area (Å²) in [5, 5.41) is 3.63. The van der Waals surface area contributed by atoms with E-state index in [1.807, 2.05) is 6.92 Å². The van der Waals surface area contributed by atoms with E-state index in [0.717, 1.165) is 62.7 Å². The first-order valence-electron chi connectivity index (χ1n) is 11.0. The summed E-state index contributed by atoms with van der Waals surface area (Å²) in [6.45, 7) is 19.2. The molecule has 5 nitrogen and oxygen atoms in total. The number of hydrogen-bond acceptors (Lipinski definition) is 5. The zero-order valence-electron chi connectivity index (χ0n) is 19.5. The number of nitrogens with one attached hydrogen (secondary N) is 1. The summed E-state index contributed by atoms with van der Waals surface area (Å²) in [7, 11) is 2.24. The highest BCUT2D eigenvalue weighted by atomic mass is 16.4. The van der Waals surface area contributed by atoms with Crippen LogP contribution in [0.2, 0.25) is 0 Å². The van der Waals surface area contributed by atoms with E-state index in [2.05, 4.69) is 81.0 Å². The highest BCUT2D eigenvalue weighted by Gasteiger charge is 2.27. The van der Waals surface area contributed by atoms with Crippen molar-refractivity contribution in [2.75, 3.05) is 39.8 Å². The van der Waals surface area contributed by atoms with Crippen LogP contribution in [0.4, 0.5) is 0 Å². The number of hydrogen-bond donors (Lipinski definition) is 1. The Bertz CT molecular complexity index is 736. The molecule has 0 bridgehead atoms. The number of benzene rings is 1. The van der Waals surface area contributed by atoms with E-state index in [1.165, 1.54) is 5.56 Å². The van der Waals surface area contributed by atoms with Gasteiger partial charge in [-0.1, -0.05) is 38.5 Å². The van der Waals surface area contributed by atoms with Gasteiger partial charge >= 0.3 is 0 Å². The zero-order chi connectivity index (χ0) is 21.4. The van der Waals surface area contributed by atoms with E-state index in [-0.39, 0.29) is 5.54 Å². The van der Waals surface area contributed by atoms with Gasteiger partial charge in [-0.2, -0.15) is 0 Å². The van der Waals surface area contributed by atoms with Crippen LogP contribution in [0.5, 0.6) is 0 Å². The second-order valence-corrected chi connectivity index (χ2v) is 8.29. The monoisotopic (exact) mass is 400 g/mol. The Morgan fingerprint density at radius 3 is 2.28 bits per heavy atom. The van der Waals surface area contributed by atoms with Crippen LogP contribution in [-0.4, -0.2) is 60.1 Å². The minimum Gasteiger partial charge on any atom is -0.441 e. The Hall–Kier alpha value is -1.69. The number of rotatable bonds is 12. The molecular formula is C24H40N4O. The average Bonchev–Trinajstić information content (AvgIpc) is 3.09. The summed E-state index contributed by atoms with van der Waals surface area (Å²) in [5.74, 6) is 1.59. The first-order chi connectivity index (χ1) is 13.8. The van der Waals surface area contributed by atoms with E-state index in [9.17, 15) is 0 Å². The highest BCUT2D eigenvalue weighted by Crippen LogP contribution is 2.22. The number of aryl methyl sites for hydroxylation is 2. The van der Waals surface area contributed by atoms with Crippen molar-refractivity contribution in [2.45, 2.75) is 60.0 Å². The van der Waals surface area contributed by atoms with Crippen molar-refractivity contribution < 1.29 is 4.42 Å². The molecule has 0 fully saturated rings. The van der Waals surface area contributed by atoms with Gasteiger partial charge in [-0.15, -0.1) is 0 Å². The number of aromatic nitrogens is 1. The topological polar surface area (TPSA) is 44.5 Å². The summed E-state index contributed by atoms with van der Waals surface area (Å²) in [4.78, 5) is 9.70. The molecule has 162 valence electrons. The van der Waals surface area contributed by atoms with Crippen LogP contribution in [0.25, 0.3) is 11.5 Å². The van der Waals surface area contributed by atoms with Gasteiger partial charge in [-0.25, -0.2) is 4.98 Å². The summed E-state index contributed by atoms with van der Waals surface area (Å²) >= 11 is 0. The molecule has 29 heavy (non-hydrogen) atoms. The Kier molecular flexibility index (Phi) is 8.87. The number of oxazole rings is 1. The van der Waals surface area contributed by atoms with Gasteiger partial charge in [-0.05, 0) is 59.5 Å². The molecule has 2 rings (SSSR count). The van der Waals surface area contributed by atoms with E-state index >= 15 is 0 Å². The maximum absolute atomic E-state index is 5.92. The van der Waals surface area contributed by atoms with Crippen LogP contribution in [0.3, 0.4) is 0 Å². The Labute approximate surface area is 177 Å². The smallest absolute Gasteiger partial charge is 0.226 e. The van der Waals surface area contributed by atoms with Gasteiger partial charge in [0.25, 0.3) is 0 Å². The van der Waals surface area contributed by atoms with E-state index in [0.29, 0.717) is 5.89 Å². The van der Waals surface area contributed by atoms with Gasteiger partial charge < -0.3 is 14.6 Å². The van der Waals surface area contributed by atoms with Crippen molar-refractivity contribution in [1.29, 1.82) is 0 Å². The molecule has 2 aromatic rings. The Morgan fingerprint density at radius 1 is 1.03 bits per heavy atom. The first kappa shape index (κ1) is 23.6.